The molecule has 0 radical (unpaired) electrons. The van der Waals surface area contributed by atoms with Crippen molar-refractivity contribution >= 4 is 11.7 Å². The number of carbonyl (C=O) groups is 1. The minimum absolute atomic E-state index is 0.104. The number of hydrogen-bond acceptors (Lipinski definition) is 7. The van der Waals surface area contributed by atoms with Gasteiger partial charge < -0.3 is 9.26 Å². The van der Waals surface area contributed by atoms with E-state index in [1.165, 1.54) is 25.1 Å². The maximum atomic E-state index is 12.0. The molecule has 0 atom stereocenters. The number of carbonyl (C=O) groups excluding carboxylic acids is 1. The van der Waals surface area contributed by atoms with Crippen molar-refractivity contribution in [2.75, 3.05) is 0 Å². The minimum atomic E-state index is -0.675. The van der Waals surface area contributed by atoms with Gasteiger partial charge in [-0.15, -0.1) is 0 Å². The van der Waals surface area contributed by atoms with Gasteiger partial charge in [-0.05, 0) is 13.0 Å². The van der Waals surface area contributed by atoms with Gasteiger partial charge in [0.05, 0.1) is 10.5 Å². The fourth-order valence-electron chi connectivity index (χ4n) is 1.81. The molecule has 8 nitrogen and oxygen atoms in total. The lowest BCUT2D eigenvalue weighted by Crippen LogP contribution is -2.08. The first kappa shape index (κ1) is 15.6. The van der Waals surface area contributed by atoms with Crippen LogP contribution in [-0.4, -0.2) is 21.0 Å². The molecular weight excluding hydrogens is 290 g/mol. The maximum absolute atomic E-state index is 12.0. The first-order chi connectivity index (χ1) is 10.4. The molecule has 2 rings (SSSR count). The third-order valence-electron chi connectivity index (χ3n) is 3.05. The number of ether oxygens (including phenoxy) is 1. The number of rotatable bonds is 5. The molecule has 0 bridgehead atoms. The van der Waals surface area contributed by atoms with Crippen molar-refractivity contribution in [3.05, 3.63) is 51.2 Å². The Kier molecular flexibility index (Phi) is 4.50. The van der Waals surface area contributed by atoms with Crippen molar-refractivity contribution in [2.24, 2.45) is 0 Å². The van der Waals surface area contributed by atoms with Gasteiger partial charge in [-0.1, -0.05) is 25.1 Å². The van der Waals surface area contributed by atoms with E-state index in [1.54, 1.807) is 0 Å². The number of benzene rings is 1. The van der Waals surface area contributed by atoms with Gasteiger partial charge in [0.25, 0.3) is 11.6 Å². The van der Waals surface area contributed by atoms with E-state index in [1.807, 2.05) is 13.8 Å². The second-order valence-electron chi connectivity index (χ2n) is 4.98. The number of nitrogens with zero attached hydrogens (tertiary/aromatic N) is 3. The first-order valence-electron chi connectivity index (χ1n) is 6.63. The Hall–Kier alpha value is -2.77. The molecule has 0 amide bonds. The highest BCUT2D eigenvalue weighted by molar-refractivity contribution is 5.92. The fourth-order valence-corrected chi connectivity index (χ4v) is 1.81. The Balaban J connectivity index is 2.09. The quantitative estimate of drug-likeness (QED) is 0.474. The molecule has 1 aromatic carbocycles. The Labute approximate surface area is 126 Å². The van der Waals surface area contributed by atoms with Crippen LogP contribution in [0, 0.1) is 17.0 Å². The highest BCUT2D eigenvalue weighted by Crippen LogP contribution is 2.22. The topological polar surface area (TPSA) is 108 Å². The monoisotopic (exact) mass is 305 g/mol. The van der Waals surface area contributed by atoms with Crippen molar-refractivity contribution in [3.8, 4) is 0 Å². The summed E-state index contributed by atoms with van der Waals surface area (Å²) >= 11 is 0. The van der Waals surface area contributed by atoms with E-state index in [4.69, 9.17) is 9.26 Å². The van der Waals surface area contributed by atoms with Crippen LogP contribution in [-0.2, 0) is 11.3 Å². The smallest absolute Gasteiger partial charge is 0.339 e. The van der Waals surface area contributed by atoms with E-state index in [0.29, 0.717) is 5.82 Å². The van der Waals surface area contributed by atoms with Crippen molar-refractivity contribution < 1.29 is 19.0 Å². The lowest BCUT2D eigenvalue weighted by molar-refractivity contribution is -0.385. The molecule has 2 aromatic rings. The number of nitro groups is 1. The van der Waals surface area contributed by atoms with Gasteiger partial charge in [0.2, 0.25) is 0 Å². The van der Waals surface area contributed by atoms with Crippen LogP contribution in [0.25, 0.3) is 0 Å². The lowest BCUT2D eigenvalue weighted by Gasteiger charge is -2.05. The summed E-state index contributed by atoms with van der Waals surface area (Å²) in [4.78, 5) is 26.4. The van der Waals surface area contributed by atoms with Gasteiger partial charge in [-0.3, -0.25) is 10.1 Å². The van der Waals surface area contributed by atoms with Crippen molar-refractivity contribution in [3.63, 3.8) is 0 Å². The lowest BCUT2D eigenvalue weighted by atomic mass is 10.1. The summed E-state index contributed by atoms with van der Waals surface area (Å²) in [5, 5.41) is 14.6. The summed E-state index contributed by atoms with van der Waals surface area (Å²) in [6.07, 6.45) is 0. The summed E-state index contributed by atoms with van der Waals surface area (Å²) in [6.45, 7) is 5.14. The van der Waals surface area contributed by atoms with Crippen molar-refractivity contribution in [1.82, 2.24) is 10.1 Å². The predicted molar refractivity (Wildman–Crippen MR) is 75.3 cm³/mol. The molecule has 22 heavy (non-hydrogen) atoms. The fraction of sp³-hybridized carbons (Fsp3) is 0.357. The maximum Gasteiger partial charge on any atom is 0.339 e. The Morgan fingerprint density at radius 3 is 2.77 bits per heavy atom. The molecule has 0 saturated heterocycles. The molecule has 0 aliphatic rings. The number of hydrogen-bond donors (Lipinski definition) is 0. The van der Waals surface area contributed by atoms with E-state index >= 15 is 0 Å². The minimum Gasteiger partial charge on any atom is -0.452 e. The predicted octanol–water partition coefficient (Wildman–Crippen LogP) is 2.77. The average molecular weight is 305 g/mol. The molecule has 116 valence electrons. The van der Waals surface area contributed by atoms with Crippen LogP contribution >= 0.6 is 0 Å². The second-order valence-corrected chi connectivity index (χ2v) is 4.98. The van der Waals surface area contributed by atoms with E-state index in [-0.39, 0.29) is 35.2 Å². The highest BCUT2D eigenvalue weighted by Gasteiger charge is 2.20. The summed E-state index contributed by atoms with van der Waals surface area (Å²) in [5.41, 5.74) is 0.262. The average Bonchev–Trinajstić information content (AvgIpc) is 2.93. The van der Waals surface area contributed by atoms with Gasteiger partial charge in [0, 0.05) is 17.5 Å². The van der Waals surface area contributed by atoms with Gasteiger partial charge in [-0.25, -0.2) is 4.79 Å². The van der Waals surface area contributed by atoms with Crippen LogP contribution < -0.4 is 0 Å². The molecule has 1 heterocycles. The zero-order valence-electron chi connectivity index (χ0n) is 12.4. The number of aromatic nitrogens is 2. The van der Waals surface area contributed by atoms with Crippen LogP contribution in [0.2, 0.25) is 0 Å². The van der Waals surface area contributed by atoms with Gasteiger partial charge in [-0.2, -0.15) is 4.98 Å². The SMILES string of the molecule is Cc1c(C(=O)OCc2nc(C(C)C)no2)cccc1[N+](=O)[O-]. The number of esters is 1. The van der Waals surface area contributed by atoms with E-state index in [9.17, 15) is 14.9 Å². The Bertz CT molecular complexity index is 708. The largest absolute Gasteiger partial charge is 0.452 e. The molecule has 0 spiro atoms. The first-order valence-corrected chi connectivity index (χ1v) is 6.63. The summed E-state index contributed by atoms with van der Waals surface area (Å²) in [7, 11) is 0. The zero-order chi connectivity index (χ0) is 16.3. The molecule has 0 N–H and O–H groups in total. The molecular formula is C14H15N3O5. The molecule has 0 aliphatic heterocycles. The number of nitro benzene ring substituents is 1. The van der Waals surface area contributed by atoms with Gasteiger partial charge in [0.15, 0.2) is 12.4 Å². The van der Waals surface area contributed by atoms with E-state index in [2.05, 4.69) is 10.1 Å². The normalized spacial score (nSPS) is 10.7. The van der Waals surface area contributed by atoms with Crippen LogP contribution in [0.1, 0.15) is 47.4 Å². The van der Waals surface area contributed by atoms with E-state index < -0.39 is 10.9 Å². The highest BCUT2D eigenvalue weighted by atomic mass is 16.6. The van der Waals surface area contributed by atoms with Crippen LogP contribution in [0.4, 0.5) is 5.69 Å². The second kappa shape index (κ2) is 6.33. The molecule has 8 heteroatoms. The van der Waals surface area contributed by atoms with Crippen LogP contribution in [0.3, 0.4) is 0 Å². The van der Waals surface area contributed by atoms with Gasteiger partial charge in [0.1, 0.15) is 0 Å². The Morgan fingerprint density at radius 1 is 1.45 bits per heavy atom. The third kappa shape index (κ3) is 3.27. The van der Waals surface area contributed by atoms with E-state index in [0.717, 1.165) is 0 Å². The Morgan fingerprint density at radius 2 is 2.18 bits per heavy atom. The molecule has 0 saturated carbocycles. The molecule has 0 aliphatic carbocycles. The zero-order valence-corrected chi connectivity index (χ0v) is 12.4. The third-order valence-corrected chi connectivity index (χ3v) is 3.05. The van der Waals surface area contributed by atoms with Crippen molar-refractivity contribution in [2.45, 2.75) is 33.3 Å². The standard InChI is InChI=1S/C14H15N3O5/c1-8(2)13-15-12(22-16-13)7-21-14(18)10-5-4-6-11(9(10)3)17(19)20/h4-6,8H,7H2,1-3H3. The summed E-state index contributed by atoms with van der Waals surface area (Å²) in [6, 6.07) is 4.24. The summed E-state index contributed by atoms with van der Waals surface area (Å²) < 4.78 is 10.0. The van der Waals surface area contributed by atoms with Crippen LogP contribution in [0.15, 0.2) is 22.7 Å². The summed E-state index contributed by atoms with van der Waals surface area (Å²) in [5.74, 6) is 0.135. The molecule has 0 unspecified atom stereocenters. The van der Waals surface area contributed by atoms with Crippen molar-refractivity contribution in [1.29, 1.82) is 0 Å². The van der Waals surface area contributed by atoms with Gasteiger partial charge >= 0.3 is 5.97 Å². The molecule has 0 fully saturated rings. The molecule has 1 aromatic heterocycles. The van der Waals surface area contributed by atoms with Crippen LogP contribution in [0.5, 0.6) is 0 Å².